The first-order valence-corrected chi connectivity index (χ1v) is 8.73. The molecule has 3 rings (SSSR count). The molecule has 0 aliphatic rings. The highest BCUT2D eigenvalue weighted by Gasteiger charge is 2.14. The normalized spacial score (nSPS) is 11.0. The van der Waals surface area contributed by atoms with Crippen molar-refractivity contribution in [2.45, 2.75) is 13.1 Å². The number of thiazole rings is 1. The fourth-order valence-electron chi connectivity index (χ4n) is 2.24. The summed E-state index contributed by atoms with van der Waals surface area (Å²) in [4.78, 5) is 23.2. The van der Waals surface area contributed by atoms with Crippen LogP contribution in [0.5, 0.6) is 0 Å². The minimum atomic E-state index is -0.949. The van der Waals surface area contributed by atoms with Crippen molar-refractivity contribution in [2.24, 2.45) is 0 Å². The van der Waals surface area contributed by atoms with Gasteiger partial charge in [-0.05, 0) is 30.6 Å². The van der Waals surface area contributed by atoms with Gasteiger partial charge in [-0.3, -0.25) is 9.88 Å². The highest BCUT2D eigenvalue weighted by Crippen LogP contribution is 2.28. The number of nitrogens with zero attached hydrogens (tertiary/aromatic N) is 3. The molecule has 7 heteroatoms. The lowest BCUT2D eigenvalue weighted by molar-refractivity contribution is 0.0694. The van der Waals surface area contributed by atoms with Crippen LogP contribution in [0.15, 0.2) is 41.2 Å². The molecule has 3 heterocycles. The fraction of sp³-hybridized carbons (Fsp3) is 0.188. The molecule has 5 nitrogen and oxygen atoms in total. The Kier molecular flexibility index (Phi) is 4.80. The lowest BCUT2D eigenvalue weighted by Gasteiger charge is -2.15. The monoisotopic (exact) mass is 345 g/mol. The van der Waals surface area contributed by atoms with Crippen LogP contribution < -0.4 is 0 Å². The van der Waals surface area contributed by atoms with Crippen molar-refractivity contribution < 1.29 is 9.90 Å². The third-order valence-electron chi connectivity index (χ3n) is 3.26. The van der Waals surface area contributed by atoms with Gasteiger partial charge in [0.15, 0.2) is 0 Å². The maximum atomic E-state index is 11.2. The van der Waals surface area contributed by atoms with Crippen molar-refractivity contribution in [3.63, 3.8) is 0 Å². The van der Waals surface area contributed by atoms with E-state index in [-0.39, 0.29) is 5.56 Å². The van der Waals surface area contributed by atoms with Crippen molar-refractivity contribution in [1.29, 1.82) is 0 Å². The van der Waals surface area contributed by atoms with E-state index in [2.05, 4.69) is 16.0 Å². The Hall–Kier alpha value is -2.09. The molecule has 0 saturated carbocycles. The molecule has 0 spiro atoms. The molecule has 1 N–H and O–H groups in total. The van der Waals surface area contributed by atoms with Crippen molar-refractivity contribution in [2.75, 3.05) is 7.05 Å². The topological polar surface area (TPSA) is 66.3 Å². The van der Waals surface area contributed by atoms with E-state index in [9.17, 15) is 9.90 Å². The summed E-state index contributed by atoms with van der Waals surface area (Å²) in [6, 6.07) is 7.29. The number of aromatic carboxylic acids is 1. The molecule has 3 aromatic rings. The van der Waals surface area contributed by atoms with E-state index in [0.717, 1.165) is 10.7 Å². The van der Waals surface area contributed by atoms with Gasteiger partial charge in [0.1, 0.15) is 5.01 Å². The summed E-state index contributed by atoms with van der Waals surface area (Å²) in [6.07, 6.45) is 1.62. The second-order valence-electron chi connectivity index (χ2n) is 5.10. The van der Waals surface area contributed by atoms with Gasteiger partial charge in [-0.2, -0.15) is 0 Å². The number of aromatic nitrogens is 2. The molecule has 3 aromatic heterocycles. The Morgan fingerprint density at radius 3 is 2.87 bits per heavy atom. The van der Waals surface area contributed by atoms with Crippen molar-refractivity contribution in [3.05, 3.63) is 58.2 Å². The molecule has 0 amide bonds. The predicted octanol–water partition coefficient (Wildman–Crippen LogP) is 3.60. The number of carboxylic acid groups (broad SMARTS) is 1. The van der Waals surface area contributed by atoms with Gasteiger partial charge < -0.3 is 5.11 Å². The highest BCUT2D eigenvalue weighted by atomic mass is 32.1. The third kappa shape index (κ3) is 3.82. The Balaban J connectivity index is 1.68. The number of hydrogen-bond donors (Lipinski definition) is 1. The predicted molar refractivity (Wildman–Crippen MR) is 91.8 cm³/mol. The smallest absolute Gasteiger partial charge is 0.337 e. The Bertz CT molecular complexity index is 799. The van der Waals surface area contributed by atoms with Gasteiger partial charge in [0.2, 0.25) is 0 Å². The van der Waals surface area contributed by atoms with Gasteiger partial charge in [0, 0.05) is 24.7 Å². The number of rotatable bonds is 6. The standard InChI is InChI=1S/C16H15N3O2S2/c1-19(9-13-12(16(20)21)4-2-6-17-13)8-11-10-23-15(18-11)14-5-3-7-22-14/h2-7,10H,8-9H2,1H3,(H,20,21). The fourth-order valence-corrected chi connectivity index (χ4v) is 3.86. The van der Waals surface area contributed by atoms with Gasteiger partial charge in [-0.25, -0.2) is 9.78 Å². The van der Waals surface area contributed by atoms with Crippen LogP contribution in [0, 0.1) is 0 Å². The lowest BCUT2D eigenvalue weighted by atomic mass is 10.2. The van der Waals surface area contributed by atoms with Gasteiger partial charge in [-0.1, -0.05) is 6.07 Å². The summed E-state index contributed by atoms with van der Waals surface area (Å²) in [6.45, 7) is 1.12. The van der Waals surface area contributed by atoms with Crippen LogP contribution in [0.25, 0.3) is 9.88 Å². The molecular weight excluding hydrogens is 330 g/mol. The molecule has 23 heavy (non-hydrogen) atoms. The molecule has 0 bridgehead atoms. The number of thiophene rings is 1. The van der Waals surface area contributed by atoms with Crippen LogP contribution in [-0.4, -0.2) is 33.0 Å². The molecule has 0 fully saturated rings. The third-order valence-corrected chi connectivity index (χ3v) is 5.19. The Morgan fingerprint density at radius 2 is 2.13 bits per heavy atom. The summed E-state index contributed by atoms with van der Waals surface area (Å²) >= 11 is 3.30. The van der Waals surface area contributed by atoms with Gasteiger partial charge in [0.25, 0.3) is 0 Å². The van der Waals surface area contributed by atoms with Gasteiger partial charge in [0.05, 0.1) is 21.8 Å². The summed E-state index contributed by atoms with van der Waals surface area (Å²) in [5, 5.41) is 14.3. The van der Waals surface area contributed by atoms with E-state index in [1.54, 1.807) is 41.0 Å². The van der Waals surface area contributed by atoms with Crippen LogP contribution in [0.3, 0.4) is 0 Å². The summed E-state index contributed by atoms with van der Waals surface area (Å²) in [5.41, 5.74) is 1.79. The number of carboxylic acids is 1. The minimum absolute atomic E-state index is 0.247. The minimum Gasteiger partial charge on any atom is -0.478 e. The van der Waals surface area contributed by atoms with E-state index >= 15 is 0 Å². The second-order valence-corrected chi connectivity index (χ2v) is 6.90. The lowest BCUT2D eigenvalue weighted by Crippen LogP contribution is -2.20. The number of hydrogen-bond acceptors (Lipinski definition) is 6. The zero-order valence-corrected chi connectivity index (χ0v) is 14.1. The first kappa shape index (κ1) is 15.8. The van der Waals surface area contributed by atoms with Crippen LogP contribution in [-0.2, 0) is 13.1 Å². The van der Waals surface area contributed by atoms with E-state index in [0.29, 0.717) is 18.8 Å². The molecule has 0 aliphatic carbocycles. The summed E-state index contributed by atoms with van der Waals surface area (Å²) in [5.74, 6) is -0.949. The largest absolute Gasteiger partial charge is 0.478 e. The van der Waals surface area contributed by atoms with Crippen LogP contribution >= 0.6 is 22.7 Å². The molecule has 0 aromatic carbocycles. The average Bonchev–Trinajstić information content (AvgIpc) is 3.18. The van der Waals surface area contributed by atoms with Gasteiger partial charge in [-0.15, -0.1) is 22.7 Å². The van der Waals surface area contributed by atoms with E-state index in [4.69, 9.17) is 0 Å². The second kappa shape index (κ2) is 6.99. The number of carbonyl (C=O) groups is 1. The van der Waals surface area contributed by atoms with Crippen LogP contribution in [0.2, 0.25) is 0 Å². The zero-order chi connectivity index (χ0) is 16.2. The molecular formula is C16H15N3O2S2. The Morgan fingerprint density at radius 1 is 1.26 bits per heavy atom. The SMILES string of the molecule is CN(Cc1csc(-c2cccs2)n1)Cc1ncccc1C(=O)O. The van der Waals surface area contributed by atoms with Crippen molar-refractivity contribution in [3.8, 4) is 9.88 Å². The van der Waals surface area contributed by atoms with E-state index in [1.165, 1.54) is 4.88 Å². The maximum absolute atomic E-state index is 11.2. The van der Waals surface area contributed by atoms with Crippen molar-refractivity contribution >= 4 is 28.6 Å². The number of pyridine rings is 1. The van der Waals surface area contributed by atoms with E-state index < -0.39 is 5.97 Å². The summed E-state index contributed by atoms with van der Waals surface area (Å²) in [7, 11) is 1.93. The maximum Gasteiger partial charge on any atom is 0.337 e. The molecule has 0 atom stereocenters. The van der Waals surface area contributed by atoms with Crippen molar-refractivity contribution in [1.82, 2.24) is 14.9 Å². The molecule has 0 aliphatic heterocycles. The van der Waals surface area contributed by atoms with Gasteiger partial charge >= 0.3 is 5.97 Å². The Labute approximate surface area is 141 Å². The first-order valence-electron chi connectivity index (χ1n) is 6.97. The van der Waals surface area contributed by atoms with E-state index in [1.807, 2.05) is 28.8 Å². The van der Waals surface area contributed by atoms with Crippen LogP contribution in [0.1, 0.15) is 21.7 Å². The highest BCUT2D eigenvalue weighted by molar-refractivity contribution is 7.20. The molecule has 0 radical (unpaired) electrons. The quantitative estimate of drug-likeness (QED) is 0.739. The first-order chi connectivity index (χ1) is 11.1. The average molecular weight is 345 g/mol. The van der Waals surface area contributed by atoms with Crippen LogP contribution in [0.4, 0.5) is 0 Å². The molecule has 118 valence electrons. The summed E-state index contributed by atoms with van der Waals surface area (Å²) < 4.78 is 0. The zero-order valence-electron chi connectivity index (χ0n) is 12.5. The molecule has 0 saturated heterocycles. The molecule has 0 unspecified atom stereocenters.